The molecule has 0 spiro atoms. The van der Waals surface area contributed by atoms with Gasteiger partial charge in [-0.2, -0.15) is 4.37 Å². The molecule has 1 saturated heterocycles. The van der Waals surface area contributed by atoms with Gasteiger partial charge in [0, 0.05) is 18.7 Å². The third-order valence-electron chi connectivity index (χ3n) is 4.18. The molecule has 5 nitrogen and oxygen atoms in total. The van der Waals surface area contributed by atoms with E-state index in [1.54, 1.807) is 11.8 Å². The summed E-state index contributed by atoms with van der Waals surface area (Å²) >= 11 is 7.25. The number of aromatic nitrogens is 1. The predicted octanol–water partition coefficient (Wildman–Crippen LogP) is 3.66. The third-order valence-corrected chi connectivity index (χ3v) is 5.61. The number of hydrogen-bond acceptors (Lipinski definition) is 4. The number of nitrogens with one attached hydrogen (secondary N) is 1. The van der Waals surface area contributed by atoms with Crippen LogP contribution >= 0.6 is 23.1 Å². The van der Waals surface area contributed by atoms with E-state index in [1.807, 2.05) is 24.3 Å². The van der Waals surface area contributed by atoms with Gasteiger partial charge in [0.2, 0.25) is 11.8 Å². The Balaban J connectivity index is 1.69. The summed E-state index contributed by atoms with van der Waals surface area (Å²) in [6.07, 6.45) is 1.16. The number of halogens is 1. The lowest BCUT2D eigenvalue weighted by atomic mass is 10.1. The summed E-state index contributed by atoms with van der Waals surface area (Å²) in [6, 6.07) is 7.88. The first-order valence-corrected chi connectivity index (χ1v) is 8.96. The van der Waals surface area contributed by atoms with Crippen molar-refractivity contribution in [3.63, 3.8) is 0 Å². The van der Waals surface area contributed by atoms with Crippen molar-refractivity contribution in [3.8, 4) is 0 Å². The molecule has 24 heavy (non-hydrogen) atoms. The van der Waals surface area contributed by atoms with E-state index in [0.717, 1.165) is 23.6 Å². The standard InChI is InChI=1S/C17H18ClN3O2S/c1-3-11-4-6-13(7-5-11)21-9-12(8-14(21)22)16(23)19-17-15(18)10(2)20-24-17/h4-7,12H,3,8-9H2,1-2H3,(H,19,23)/t12-/m0/s1. The van der Waals surface area contributed by atoms with Crippen molar-refractivity contribution >= 4 is 45.6 Å². The summed E-state index contributed by atoms with van der Waals surface area (Å²) < 4.78 is 4.11. The van der Waals surface area contributed by atoms with Gasteiger partial charge in [0.05, 0.1) is 16.6 Å². The van der Waals surface area contributed by atoms with E-state index < -0.39 is 0 Å². The highest BCUT2D eigenvalue weighted by Crippen LogP contribution is 2.31. The predicted molar refractivity (Wildman–Crippen MR) is 96.8 cm³/mol. The van der Waals surface area contributed by atoms with E-state index in [9.17, 15) is 9.59 Å². The van der Waals surface area contributed by atoms with Crippen LogP contribution in [0.25, 0.3) is 0 Å². The Kier molecular flexibility index (Phi) is 4.87. The topological polar surface area (TPSA) is 62.3 Å². The minimum Gasteiger partial charge on any atom is -0.315 e. The molecule has 0 bridgehead atoms. The Hall–Kier alpha value is -1.92. The van der Waals surface area contributed by atoms with Gasteiger partial charge in [0.15, 0.2) is 0 Å². The summed E-state index contributed by atoms with van der Waals surface area (Å²) in [4.78, 5) is 26.4. The van der Waals surface area contributed by atoms with Crippen LogP contribution < -0.4 is 10.2 Å². The van der Waals surface area contributed by atoms with Crippen molar-refractivity contribution in [3.05, 3.63) is 40.5 Å². The number of carbonyl (C=O) groups excluding carboxylic acids is 2. The highest BCUT2D eigenvalue weighted by molar-refractivity contribution is 7.11. The maximum absolute atomic E-state index is 12.4. The summed E-state index contributed by atoms with van der Waals surface area (Å²) in [5, 5.41) is 3.79. The molecule has 1 aromatic carbocycles. The maximum atomic E-state index is 12.4. The van der Waals surface area contributed by atoms with Crippen molar-refractivity contribution in [1.82, 2.24) is 4.37 Å². The second-order valence-corrected chi connectivity index (χ2v) is 6.98. The van der Waals surface area contributed by atoms with E-state index in [4.69, 9.17) is 11.6 Å². The van der Waals surface area contributed by atoms with Gasteiger partial charge in [0.1, 0.15) is 5.00 Å². The largest absolute Gasteiger partial charge is 0.315 e. The molecule has 0 unspecified atom stereocenters. The first-order chi connectivity index (χ1) is 11.5. The quantitative estimate of drug-likeness (QED) is 0.901. The average Bonchev–Trinajstić information content (AvgIpc) is 3.12. The molecular weight excluding hydrogens is 346 g/mol. The smallest absolute Gasteiger partial charge is 0.230 e. The molecule has 1 fully saturated rings. The molecule has 2 heterocycles. The van der Waals surface area contributed by atoms with Gasteiger partial charge in [-0.15, -0.1) is 0 Å². The summed E-state index contributed by atoms with van der Waals surface area (Å²) in [7, 11) is 0. The molecule has 3 rings (SSSR count). The second-order valence-electron chi connectivity index (χ2n) is 5.83. The molecule has 126 valence electrons. The number of rotatable bonds is 4. The van der Waals surface area contributed by atoms with Gasteiger partial charge in [-0.3, -0.25) is 9.59 Å². The van der Waals surface area contributed by atoms with Crippen LogP contribution in [-0.4, -0.2) is 22.7 Å². The molecule has 0 radical (unpaired) electrons. The van der Waals surface area contributed by atoms with Gasteiger partial charge in [-0.05, 0) is 42.6 Å². The van der Waals surface area contributed by atoms with Crippen LogP contribution in [0.3, 0.4) is 0 Å². The Morgan fingerprint density at radius 1 is 1.42 bits per heavy atom. The minimum atomic E-state index is -0.387. The van der Waals surface area contributed by atoms with Crippen molar-refractivity contribution in [1.29, 1.82) is 0 Å². The highest BCUT2D eigenvalue weighted by atomic mass is 35.5. The van der Waals surface area contributed by atoms with E-state index in [1.165, 1.54) is 5.56 Å². The molecule has 1 N–H and O–H groups in total. The van der Waals surface area contributed by atoms with E-state index >= 15 is 0 Å². The Morgan fingerprint density at radius 2 is 2.12 bits per heavy atom. The number of amides is 2. The fraction of sp³-hybridized carbons (Fsp3) is 0.353. The zero-order chi connectivity index (χ0) is 17.3. The second kappa shape index (κ2) is 6.91. The zero-order valence-corrected chi connectivity index (χ0v) is 15.1. The lowest BCUT2D eigenvalue weighted by Gasteiger charge is -2.17. The maximum Gasteiger partial charge on any atom is 0.230 e. The van der Waals surface area contributed by atoms with Crippen molar-refractivity contribution in [2.75, 3.05) is 16.8 Å². The van der Waals surface area contributed by atoms with Crippen LogP contribution in [0.4, 0.5) is 10.7 Å². The number of aryl methyl sites for hydroxylation is 2. The Bertz CT molecular complexity index is 773. The van der Waals surface area contributed by atoms with Crippen molar-refractivity contribution in [2.24, 2.45) is 5.92 Å². The van der Waals surface area contributed by atoms with Crippen LogP contribution in [0, 0.1) is 12.8 Å². The number of nitrogens with zero attached hydrogens (tertiary/aromatic N) is 2. The fourth-order valence-electron chi connectivity index (χ4n) is 2.69. The first-order valence-electron chi connectivity index (χ1n) is 7.81. The van der Waals surface area contributed by atoms with Crippen molar-refractivity contribution < 1.29 is 9.59 Å². The SMILES string of the molecule is CCc1ccc(N2C[C@@H](C(=O)Nc3snc(C)c3Cl)CC2=O)cc1. The summed E-state index contributed by atoms with van der Waals surface area (Å²) in [5.41, 5.74) is 2.74. The zero-order valence-electron chi connectivity index (χ0n) is 13.5. The van der Waals surface area contributed by atoms with Gasteiger partial charge in [0.25, 0.3) is 0 Å². The van der Waals surface area contributed by atoms with E-state index in [0.29, 0.717) is 22.3 Å². The number of carbonyl (C=O) groups is 2. The molecule has 2 aromatic rings. The summed E-state index contributed by atoms with van der Waals surface area (Å²) in [5.74, 6) is -0.616. The van der Waals surface area contributed by atoms with Crippen LogP contribution in [0.2, 0.25) is 5.02 Å². The molecule has 1 atom stereocenters. The minimum absolute atomic E-state index is 0.0361. The molecule has 1 aliphatic rings. The normalized spacial score (nSPS) is 17.4. The van der Waals surface area contributed by atoms with Crippen LogP contribution in [0.15, 0.2) is 24.3 Å². The van der Waals surface area contributed by atoms with Crippen LogP contribution in [0.1, 0.15) is 24.6 Å². The van der Waals surface area contributed by atoms with E-state index in [-0.39, 0.29) is 24.2 Å². The number of hydrogen-bond donors (Lipinski definition) is 1. The fourth-order valence-corrected chi connectivity index (χ4v) is 3.63. The molecule has 0 saturated carbocycles. The van der Waals surface area contributed by atoms with Gasteiger partial charge in [-0.1, -0.05) is 30.7 Å². The Morgan fingerprint density at radius 3 is 2.71 bits per heavy atom. The van der Waals surface area contributed by atoms with Crippen LogP contribution in [0.5, 0.6) is 0 Å². The van der Waals surface area contributed by atoms with Gasteiger partial charge >= 0.3 is 0 Å². The molecular formula is C17H18ClN3O2S. The molecule has 0 aliphatic carbocycles. The Labute approximate surface area is 149 Å². The molecule has 1 aliphatic heterocycles. The number of anilines is 2. The monoisotopic (exact) mass is 363 g/mol. The van der Waals surface area contributed by atoms with Crippen molar-refractivity contribution in [2.45, 2.75) is 26.7 Å². The average molecular weight is 364 g/mol. The first kappa shape index (κ1) is 16.9. The summed E-state index contributed by atoms with van der Waals surface area (Å²) in [6.45, 7) is 4.25. The lowest BCUT2D eigenvalue weighted by Crippen LogP contribution is -2.28. The van der Waals surface area contributed by atoms with Gasteiger partial charge in [-0.25, -0.2) is 0 Å². The molecule has 2 amide bonds. The van der Waals surface area contributed by atoms with E-state index in [2.05, 4.69) is 16.6 Å². The van der Waals surface area contributed by atoms with Crippen LogP contribution in [-0.2, 0) is 16.0 Å². The molecule has 7 heteroatoms. The number of benzene rings is 1. The third kappa shape index (κ3) is 3.30. The lowest BCUT2D eigenvalue weighted by molar-refractivity contribution is -0.122. The van der Waals surface area contributed by atoms with Gasteiger partial charge < -0.3 is 10.2 Å². The highest BCUT2D eigenvalue weighted by Gasteiger charge is 2.35. The molecule has 1 aromatic heterocycles.